The van der Waals surface area contributed by atoms with Crippen LogP contribution < -0.4 is 15.1 Å². The van der Waals surface area contributed by atoms with Crippen LogP contribution in [0.4, 0.5) is 23.0 Å². The molecule has 1 aliphatic heterocycles. The van der Waals surface area contributed by atoms with Gasteiger partial charge in [-0.25, -0.2) is 9.97 Å². The van der Waals surface area contributed by atoms with Gasteiger partial charge in [0.05, 0.1) is 4.92 Å². The Morgan fingerprint density at radius 2 is 1.72 bits per heavy atom. The number of nitrogens with one attached hydrogen (secondary N) is 1. The van der Waals surface area contributed by atoms with Gasteiger partial charge in [0.15, 0.2) is 0 Å². The number of aromatic nitrogens is 2. The van der Waals surface area contributed by atoms with Crippen molar-refractivity contribution in [1.82, 2.24) is 9.97 Å². The van der Waals surface area contributed by atoms with E-state index in [1.165, 1.54) is 23.1 Å². The summed E-state index contributed by atoms with van der Waals surface area (Å²) < 4.78 is 0. The van der Waals surface area contributed by atoms with Gasteiger partial charge in [0.25, 0.3) is 0 Å². The molecule has 0 spiro atoms. The molecule has 1 aliphatic rings. The van der Waals surface area contributed by atoms with E-state index >= 15 is 0 Å². The Hall–Kier alpha value is -3.39. The summed E-state index contributed by atoms with van der Waals surface area (Å²) in [7, 11) is 0. The van der Waals surface area contributed by atoms with Crippen LogP contribution in [0.5, 0.6) is 0 Å². The van der Waals surface area contributed by atoms with E-state index < -0.39 is 4.92 Å². The summed E-state index contributed by atoms with van der Waals surface area (Å²) in [5, 5.41) is 15.7. The number of benzene rings is 2. The lowest BCUT2D eigenvalue weighted by atomic mass is 10.1. The number of hydrogen-bond donors (Lipinski definition) is 1. The van der Waals surface area contributed by atoms with Gasteiger partial charge in [-0.15, -0.1) is 0 Å². The van der Waals surface area contributed by atoms with Crippen LogP contribution in [-0.4, -0.2) is 41.1 Å². The highest BCUT2D eigenvalue weighted by molar-refractivity contribution is 6.30. The van der Waals surface area contributed by atoms with E-state index in [4.69, 9.17) is 11.6 Å². The number of nitro groups is 1. The molecule has 0 amide bonds. The molecule has 0 aliphatic carbocycles. The zero-order valence-corrected chi connectivity index (χ0v) is 18.8. The summed E-state index contributed by atoms with van der Waals surface area (Å²) >= 11 is 5.93. The van der Waals surface area contributed by atoms with Crippen LogP contribution in [0.25, 0.3) is 0 Å². The highest BCUT2D eigenvalue weighted by Crippen LogP contribution is 2.33. The van der Waals surface area contributed by atoms with Crippen molar-refractivity contribution < 1.29 is 4.92 Å². The van der Waals surface area contributed by atoms with Gasteiger partial charge in [-0.05, 0) is 48.7 Å². The number of aryl methyl sites for hydroxylation is 1. The maximum absolute atomic E-state index is 11.9. The monoisotopic (exact) mass is 452 g/mol. The molecule has 2 heterocycles. The number of nitrogens with zero attached hydrogens (tertiary/aromatic N) is 5. The largest absolute Gasteiger partial charge is 0.368 e. The van der Waals surface area contributed by atoms with Crippen LogP contribution in [0, 0.1) is 24.0 Å². The lowest BCUT2D eigenvalue weighted by Gasteiger charge is -2.37. The van der Waals surface area contributed by atoms with Crippen molar-refractivity contribution in [3.05, 3.63) is 80.6 Å². The fraction of sp³-hybridized carbons (Fsp3) is 0.304. The Morgan fingerprint density at radius 1 is 1.03 bits per heavy atom. The normalized spacial score (nSPS) is 13.8. The molecule has 166 valence electrons. The van der Waals surface area contributed by atoms with E-state index in [1.54, 1.807) is 12.1 Å². The second-order valence-corrected chi connectivity index (χ2v) is 8.26. The van der Waals surface area contributed by atoms with E-state index in [0.29, 0.717) is 30.5 Å². The first-order chi connectivity index (χ1) is 15.4. The topological polar surface area (TPSA) is 87.4 Å². The molecule has 1 aromatic heterocycles. The van der Waals surface area contributed by atoms with Crippen molar-refractivity contribution in [2.75, 3.05) is 41.3 Å². The maximum Gasteiger partial charge on any atom is 0.353 e. The van der Waals surface area contributed by atoms with E-state index in [1.807, 2.05) is 17.0 Å². The molecular formula is C23H25ClN6O2. The van der Waals surface area contributed by atoms with Crippen molar-refractivity contribution in [3.8, 4) is 0 Å². The van der Waals surface area contributed by atoms with Crippen LogP contribution in [0.3, 0.4) is 0 Å². The van der Waals surface area contributed by atoms with Crippen molar-refractivity contribution in [1.29, 1.82) is 0 Å². The Bertz CT molecular complexity index is 1110. The van der Waals surface area contributed by atoms with Crippen LogP contribution in [-0.2, 0) is 6.54 Å². The molecule has 3 aromatic rings. The van der Waals surface area contributed by atoms with Crippen molar-refractivity contribution >= 4 is 34.6 Å². The molecule has 32 heavy (non-hydrogen) atoms. The van der Waals surface area contributed by atoms with Gasteiger partial charge < -0.3 is 15.1 Å². The summed E-state index contributed by atoms with van der Waals surface area (Å²) in [6, 6.07) is 13.6. The van der Waals surface area contributed by atoms with Gasteiger partial charge in [0.1, 0.15) is 6.33 Å². The third-order valence-corrected chi connectivity index (χ3v) is 6.11. The average Bonchev–Trinajstić information content (AvgIpc) is 2.80. The van der Waals surface area contributed by atoms with Gasteiger partial charge in [0.2, 0.25) is 11.6 Å². The van der Waals surface area contributed by atoms with Crippen molar-refractivity contribution in [3.63, 3.8) is 0 Å². The first kappa shape index (κ1) is 21.8. The number of halogens is 1. The first-order valence-electron chi connectivity index (χ1n) is 10.5. The lowest BCUT2D eigenvalue weighted by molar-refractivity contribution is -0.383. The van der Waals surface area contributed by atoms with Gasteiger partial charge >= 0.3 is 5.69 Å². The van der Waals surface area contributed by atoms with E-state index in [9.17, 15) is 10.1 Å². The van der Waals surface area contributed by atoms with Crippen LogP contribution in [0.2, 0.25) is 5.02 Å². The standard InChI is InChI=1S/C23H25ClN6O2/c1-16-4-3-5-20(17(16)2)28-10-12-29(13-11-28)23-21(30(31)32)22(26-15-27-23)25-14-18-6-8-19(24)9-7-18/h3-9,15H,10-14H2,1-2H3,(H,25,26,27). The molecule has 4 rings (SSSR count). The summed E-state index contributed by atoms with van der Waals surface area (Å²) in [5.41, 5.74) is 4.59. The molecule has 0 unspecified atom stereocenters. The molecule has 0 radical (unpaired) electrons. The van der Waals surface area contributed by atoms with Crippen molar-refractivity contribution in [2.45, 2.75) is 20.4 Å². The van der Waals surface area contributed by atoms with Crippen LogP contribution in [0.15, 0.2) is 48.8 Å². The fourth-order valence-corrected chi connectivity index (χ4v) is 4.05. The molecular weight excluding hydrogens is 428 g/mol. The fourth-order valence-electron chi connectivity index (χ4n) is 3.92. The smallest absolute Gasteiger partial charge is 0.353 e. The zero-order valence-electron chi connectivity index (χ0n) is 18.1. The van der Waals surface area contributed by atoms with Gasteiger partial charge in [0, 0.05) is 43.4 Å². The molecule has 1 N–H and O–H groups in total. The molecule has 8 nitrogen and oxygen atoms in total. The minimum atomic E-state index is -0.406. The average molecular weight is 453 g/mol. The quantitative estimate of drug-likeness (QED) is 0.432. The molecule has 0 bridgehead atoms. The molecule has 9 heteroatoms. The minimum absolute atomic E-state index is 0.0957. The third kappa shape index (κ3) is 4.60. The molecule has 0 atom stereocenters. The molecule has 1 saturated heterocycles. The van der Waals surface area contributed by atoms with Gasteiger partial charge in [-0.2, -0.15) is 0 Å². The summed E-state index contributed by atoms with van der Waals surface area (Å²) in [4.78, 5) is 24.2. The van der Waals surface area contributed by atoms with Gasteiger partial charge in [-0.3, -0.25) is 10.1 Å². The number of hydrogen-bond acceptors (Lipinski definition) is 7. The number of rotatable bonds is 6. The number of piperazine rings is 1. The summed E-state index contributed by atoms with van der Waals surface area (Å²) in [6.07, 6.45) is 1.38. The maximum atomic E-state index is 11.9. The molecule has 0 saturated carbocycles. The third-order valence-electron chi connectivity index (χ3n) is 5.85. The highest BCUT2D eigenvalue weighted by atomic mass is 35.5. The molecule has 1 fully saturated rings. The van der Waals surface area contributed by atoms with E-state index in [0.717, 1.165) is 18.7 Å². The summed E-state index contributed by atoms with van der Waals surface area (Å²) in [5.74, 6) is 0.566. The van der Waals surface area contributed by atoms with Crippen LogP contribution >= 0.6 is 11.6 Å². The molecule has 2 aromatic carbocycles. The Morgan fingerprint density at radius 3 is 2.41 bits per heavy atom. The first-order valence-corrected chi connectivity index (χ1v) is 10.9. The number of anilines is 3. The highest BCUT2D eigenvalue weighted by Gasteiger charge is 2.29. The minimum Gasteiger partial charge on any atom is -0.368 e. The summed E-state index contributed by atoms with van der Waals surface area (Å²) in [6.45, 7) is 7.44. The van der Waals surface area contributed by atoms with E-state index in [-0.39, 0.29) is 11.5 Å². The second kappa shape index (κ2) is 9.40. The zero-order chi connectivity index (χ0) is 22.7. The van der Waals surface area contributed by atoms with Gasteiger partial charge in [-0.1, -0.05) is 35.9 Å². The Labute approximate surface area is 192 Å². The predicted molar refractivity (Wildman–Crippen MR) is 128 cm³/mol. The Balaban J connectivity index is 1.51. The lowest BCUT2D eigenvalue weighted by Crippen LogP contribution is -2.47. The predicted octanol–water partition coefficient (Wildman–Crippen LogP) is 4.59. The van der Waals surface area contributed by atoms with Crippen LogP contribution in [0.1, 0.15) is 16.7 Å². The Kier molecular flexibility index (Phi) is 6.41. The van der Waals surface area contributed by atoms with Crippen molar-refractivity contribution in [2.24, 2.45) is 0 Å². The van der Waals surface area contributed by atoms with E-state index in [2.05, 4.69) is 52.2 Å². The second-order valence-electron chi connectivity index (χ2n) is 7.82. The SMILES string of the molecule is Cc1cccc(N2CCN(c3ncnc(NCc4ccc(Cl)cc4)c3[N+](=O)[O-])CC2)c1C.